The molecule has 0 atom stereocenters. The van der Waals surface area contributed by atoms with Crippen molar-refractivity contribution in [1.82, 2.24) is 15.3 Å². The molecule has 1 saturated heterocycles. The number of amides is 1. The summed E-state index contributed by atoms with van der Waals surface area (Å²) >= 11 is 0. The van der Waals surface area contributed by atoms with E-state index in [1.54, 1.807) is 6.33 Å². The zero-order valence-electron chi connectivity index (χ0n) is 17.8. The monoisotopic (exact) mass is 397 g/mol. The smallest absolute Gasteiger partial charge is 0.223 e. The molecule has 1 aliphatic rings. The van der Waals surface area contributed by atoms with E-state index in [9.17, 15) is 4.79 Å². The number of nitrogens with zero attached hydrogens (tertiary/aromatic N) is 4. The van der Waals surface area contributed by atoms with Crippen molar-refractivity contribution >= 4 is 17.4 Å². The van der Waals surface area contributed by atoms with E-state index in [1.165, 1.54) is 0 Å². The fraction of sp³-hybridized carbons (Fsp3) is 0.500. The number of anilines is 2. The minimum absolute atomic E-state index is 0.0437. The molecule has 156 valence electrons. The summed E-state index contributed by atoms with van der Waals surface area (Å²) in [5, 5.41) is 3.08. The van der Waals surface area contributed by atoms with Crippen LogP contribution in [0.15, 0.2) is 36.8 Å². The van der Waals surface area contributed by atoms with Crippen LogP contribution in [0, 0.1) is 5.92 Å². The molecule has 1 aromatic carbocycles. The molecule has 0 unspecified atom stereocenters. The fourth-order valence-electron chi connectivity index (χ4n) is 3.56. The Kier molecular flexibility index (Phi) is 6.90. The van der Waals surface area contributed by atoms with Crippen LogP contribution in [-0.4, -0.2) is 49.2 Å². The number of nitrogens with one attached hydrogen (secondary N) is 1. The van der Waals surface area contributed by atoms with E-state index < -0.39 is 0 Å². The molecule has 1 aliphatic heterocycles. The number of carbonyl (C=O) groups excluding carboxylic acids is 1. The Morgan fingerprint density at radius 1 is 1.24 bits per heavy atom. The number of ether oxygens (including phenoxy) is 1. The highest BCUT2D eigenvalue weighted by molar-refractivity contribution is 5.79. The van der Waals surface area contributed by atoms with Crippen LogP contribution in [-0.2, 0) is 11.3 Å². The third-order valence-electron chi connectivity index (χ3n) is 5.06. The van der Waals surface area contributed by atoms with Crippen molar-refractivity contribution in [3.8, 4) is 5.75 Å². The van der Waals surface area contributed by atoms with Crippen LogP contribution < -0.4 is 19.9 Å². The summed E-state index contributed by atoms with van der Waals surface area (Å²) in [5.41, 5.74) is 2.10. The maximum absolute atomic E-state index is 12.6. The summed E-state index contributed by atoms with van der Waals surface area (Å²) in [6.07, 6.45) is 5.24. The summed E-state index contributed by atoms with van der Waals surface area (Å²) in [4.78, 5) is 25.4. The van der Waals surface area contributed by atoms with Gasteiger partial charge in [0.1, 0.15) is 12.1 Å². The first-order valence-corrected chi connectivity index (χ1v) is 10.2. The van der Waals surface area contributed by atoms with Gasteiger partial charge >= 0.3 is 0 Å². The molecule has 3 rings (SSSR count). The van der Waals surface area contributed by atoms with Gasteiger partial charge in [-0.05, 0) is 44.4 Å². The standard InChI is InChI=1S/C22H31N5O2/c1-16(2)29-19-7-5-17(6-8-19)13-24-22(28)18-9-11-27(12-10-18)20-14-23-15-25-21(20)26(3)4/h5-8,14-16,18H,9-13H2,1-4H3,(H,24,28). The number of benzene rings is 1. The molecule has 0 aliphatic carbocycles. The van der Waals surface area contributed by atoms with Crippen molar-refractivity contribution in [3.63, 3.8) is 0 Å². The third-order valence-corrected chi connectivity index (χ3v) is 5.06. The number of hydrogen-bond acceptors (Lipinski definition) is 6. The highest BCUT2D eigenvalue weighted by Crippen LogP contribution is 2.29. The minimum atomic E-state index is 0.0437. The SMILES string of the molecule is CC(C)Oc1ccc(CNC(=O)C2CCN(c3cncnc3N(C)C)CC2)cc1. The molecule has 2 aromatic rings. The predicted molar refractivity (Wildman–Crippen MR) is 115 cm³/mol. The van der Waals surface area contributed by atoms with Gasteiger partial charge in [0.05, 0.1) is 18.0 Å². The normalized spacial score (nSPS) is 14.7. The summed E-state index contributed by atoms with van der Waals surface area (Å²) < 4.78 is 5.66. The van der Waals surface area contributed by atoms with Crippen molar-refractivity contribution in [1.29, 1.82) is 0 Å². The zero-order chi connectivity index (χ0) is 20.8. The van der Waals surface area contributed by atoms with E-state index in [0.29, 0.717) is 6.54 Å². The Balaban J connectivity index is 1.49. The molecule has 0 bridgehead atoms. The van der Waals surface area contributed by atoms with E-state index in [-0.39, 0.29) is 17.9 Å². The van der Waals surface area contributed by atoms with Crippen LogP contribution in [0.4, 0.5) is 11.5 Å². The highest BCUT2D eigenvalue weighted by Gasteiger charge is 2.26. The predicted octanol–water partition coefficient (Wildman–Crippen LogP) is 2.86. The molecule has 7 heteroatoms. The topological polar surface area (TPSA) is 70.6 Å². The second kappa shape index (κ2) is 9.58. The molecule has 0 radical (unpaired) electrons. The first-order valence-electron chi connectivity index (χ1n) is 10.2. The van der Waals surface area contributed by atoms with Gasteiger partial charge in [-0.15, -0.1) is 0 Å². The summed E-state index contributed by atoms with van der Waals surface area (Å²) in [7, 11) is 3.96. The first-order chi connectivity index (χ1) is 13.9. The molecule has 1 aromatic heterocycles. The maximum atomic E-state index is 12.6. The quantitative estimate of drug-likeness (QED) is 0.775. The summed E-state index contributed by atoms with van der Waals surface area (Å²) in [6.45, 7) is 6.20. The molecule has 2 heterocycles. The average molecular weight is 398 g/mol. The van der Waals surface area contributed by atoms with E-state index >= 15 is 0 Å². The van der Waals surface area contributed by atoms with Gasteiger partial charge in [0.2, 0.25) is 5.91 Å². The van der Waals surface area contributed by atoms with Crippen LogP contribution in [0.5, 0.6) is 5.75 Å². The number of piperidine rings is 1. The number of carbonyl (C=O) groups is 1. The fourth-order valence-corrected chi connectivity index (χ4v) is 3.56. The van der Waals surface area contributed by atoms with Gasteiger partial charge in [-0.25, -0.2) is 9.97 Å². The van der Waals surface area contributed by atoms with Crippen molar-refractivity contribution in [2.24, 2.45) is 5.92 Å². The molecule has 29 heavy (non-hydrogen) atoms. The van der Waals surface area contributed by atoms with Crippen molar-refractivity contribution < 1.29 is 9.53 Å². The van der Waals surface area contributed by atoms with Crippen LogP contribution in [0.3, 0.4) is 0 Å². The van der Waals surface area contributed by atoms with Crippen LogP contribution in [0.2, 0.25) is 0 Å². The molecule has 0 saturated carbocycles. The van der Waals surface area contributed by atoms with Crippen molar-refractivity contribution in [3.05, 3.63) is 42.4 Å². The lowest BCUT2D eigenvalue weighted by molar-refractivity contribution is -0.125. The van der Waals surface area contributed by atoms with Gasteiger partial charge in [-0.2, -0.15) is 0 Å². The summed E-state index contributed by atoms with van der Waals surface area (Å²) in [6, 6.07) is 7.89. The molecule has 7 nitrogen and oxygen atoms in total. The van der Waals surface area contributed by atoms with Gasteiger partial charge in [-0.3, -0.25) is 4.79 Å². The van der Waals surface area contributed by atoms with Gasteiger partial charge in [-0.1, -0.05) is 12.1 Å². The molecule has 1 amide bonds. The van der Waals surface area contributed by atoms with Gasteiger partial charge < -0.3 is 19.9 Å². The molecule has 1 N–H and O–H groups in total. The molecule has 1 fully saturated rings. The van der Waals surface area contributed by atoms with E-state index in [2.05, 4.69) is 20.2 Å². The number of aromatic nitrogens is 2. The Morgan fingerprint density at radius 3 is 2.55 bits per heavy atom. The van der Waals surface area contributed by atoms with E-state index in [0.717, 1.165) is 48.7 Å². The van der Waals surface area contributed by atoms with E-state index in [4.69, 9.17) is 4.74 Å². The van der Waals surface area contributed by atoms with Gasteiger partial charge in [0, 0.05) is 39.6 Å². The Labute approximate surface area is 173 Å². The zero-order valence-corrected chi connectivity index (χ0v) is 17.8. The van der Waals surface area contributed by atoms with Gasteiger partial charge in [0.25, 0.3) is 0 Å². The Morgan fingerprint density at radius 2 is 1.93 bits per heavy atom. The molecule has 0 spiro atoms. The van der Waals surface area contributed by atoms with Crippen molar-refractivity contribution in [2.45, 2.75) is 39.3 Å². The van der Waals surface area contributed by atoms with Crippen LogP contribution in [0.1, 0.15) is 32.3 Å². The first kappa shape index (κ1) is 20.9. The van der Waals surface area contributed by atoms with Crippen LogP contribution in [0.25, 0.3) is 0 Å². The second-order valence-corrected chi connectivity index (χ2v) is 7.92. The average Bonchev–Trinajstić information content (AvgIpc) is 2.72. The highest BCUT2D eigenvalue weighted by atomic mass is 16.5. The van der Waals surface area contributed by atoms with E-state index in [1.807, 2.05) is 63.3 Å². The summed E-state index contributed by atoms with van der Waals surface area (Å²) in [5.74, 6) is 1.93. The largest absolute Gasteiger partial charge is 0.491 e. The minimum Gasteiger partial charge on any atom is -0.491 e. The molecular weight excluding hydrogens is 366 g/mol. The number of hydrogen-bond donors (Lipinski definition) is 1. The molecular formula is C22H31N5O2. The third kappa shape index (κ3) is 5.59. The Hall–Kier alpha value is -2.83. The second-order valence-electron chi connectivity index (χ2n) is 7.92. The lowest BCUT2D eigenvalue weighted by atomic mass is 9.95. The Bertz CT molecular complexity index is 799. The maximum Gasteiger partial charge on any atom is 0.223 e. The van der Waals surface area contributed by atoms with Gasteiger partial charge in [0.15, 0.2) is 5.82 Å². The lowest BCUT2D eigenvalue weighted by Crippen LogP contribution is -2.41. The lowest BCUT2D eigenvalue weighted by Gasteiger charge is -2.34. The van der Waals surface area contributed by atoms with Crippen LogP contribution >= 0.6 is 0 Å². The number of rotatable bonds is 7. The van der Waals surface area contributed by atoms with Crippen molar-refractivity contribution in [2.75, 3.05) is 37.0 Å².